The molecule has 1 saturated carbocycles. The van der Waals surface area contributed by atoms with Crippen molar-refractivity contribution in [1.29, 1.82) is 0 Å². The molecule has 1 unspecified atom stereocenters. The van der Waals surface area contributed by atoms with Gasteiger partial charge in [0.2, 0.25) is 0 Å². The average molecular weight is 198 g/mol. The highest BCUT2D eigenvalue weighted by Gasteiger charge is 2.46. The van der Waals surface area contributed by atoms with Gasteiger partial charge in [0, 0.05) is 6.42 Å². The Bertz CT molecular complexity index is 221. The van der Waals surface area contributed by atoms with Gasteiger partial charge < -0.3 is 4.74 Å². The van der Waals surface area contributed by atoms with Gasteiger partial charge in [-0.2, -0.15) is 0 Å². The molecule has 0 bridgehead atoms. The molecule has 1 fully saturated rings. The molecule has 1 atom stereocenters. The van der Waals surface area contributed by atoms with E-state index >= 15 is 0 Å². The van der Waals surface area contributed by atoms with Gasteiger partial charge in [0.05, 0.1) is 7.11 Å². The molecule has 0 spiro atoms. The summed E-state index contributed by atoms with van der Waals surface area (Å²) in [6.45, 7) is 1.99. The van der Waals surface area contributed by atoms with Crippen molar-refractivity contribution in [3.05, 3.63) is 0 Å². The maximum absolute atomic E-state index is 11.8. The van der Waals surface area contributed by atoms with E-state index in [1.807, 2.05) is 6.92 Å². The number of carbonyl (C=O) groups excluding carboxylic acids is 2. The third kappa shape index (κ3) is 1.81. The van der Waals surface area contributed by atoms with Crippen molar-refractivity contribution in [2.75, 3.05) is 7.11 Å². The first-order valence-corrected chi connectivity index (χ1v) is 5.29. The van der Waals surface area contributed by atoms with E-state index in [2.05, 4.69) is 0 Å². The Morgan fingerprint density at radius 3 is 2.71 bits per heavy atom. The molecule has 3 nitrogen and oxygen atoms in total. The van der Waals surface area contributed by atoms with Gasteiger partial charge in [-0.15, -0.1) is 0 Å². The number of hydrogen-bond donors (Lipinski definition) is 0. The molecule has 1 aliphatic carbocycles. The fraction of sp³-hybridized carbons (Fsp3) is 0.818. The first-order chi connectivity index (χ1) is 6.67. The Labute approximate surface area is 84.8 Å². The lowest BCUT2D eigenvalue weighted by Gasteiger charge is -2.32. The monoisotopic (exact) mass is 198 g/mol. The standard InChI is InChI=1S/C11H18O3/c1-3-7-11(10(13)14-2)8-5-4-6-9(11)12/h3-8H2,1-2H3. The van der Waals surface area contributed by atoms with Gasteiger partial charge in [-0.1, -0.05) is 19.8 Å². The van der Waals surface area contributed by atoms with Crippen LogP contribution < -0.4 is 0 Å². The van der Waals surface area contributed by atoms with Crippen LogP contribution in [0.1, 0.15) is 45.4 Å². The van der Waals surface area contributed by atoms with E-state index in [9.17, 15) is 9.59 Å². The number of Topliss-reactive ketones (excluding diaryl/α,β-unsaturated/α-hetero) is 1. The highest BCUT2D eigenvalue weighted by molar-refractivity contribution is 6.04. The van der Waals surface area contributed by atoms with Gasteiger partial charge in [-0.25, -0.2) is 0 Å². The highest BCUT2D eigenvalue weighted by atomic mass is 16.5. The minimum atomic E-state index is -0.804. The molecule has 14 heavy (non-hydrogen) atoms. The van der Waals surface area contributed by atoms with Crippen molar-refractivity contribution in [2.24, 2.45) is 5.41 Å². The van der Waals surface area contributed by atoms with Crippen LogP contribution in [0.4, 0.5) is 0 Å². The van der Waals surface area contributed by atoms with E-state index in [4.69, 9.17) is 4.74 Å². The fourth-order valence-electron chi connectivity index (χ4n) is 2.30. The predicted molar refractivity (Wildman–Crippen MR) is 52.8 cm³/mol. The Morgan fingerprint density at radius 2 is 2.21 bits per heavy atom. The minimum Gasteiger partial charge on any atom is -0.468 e. The zero-order chi connectivity index (χ0) is 10.6. The first kappa shape index (κ1) is 11.2. The van der Waals surface area contributed by atoms with E-state index in [1.54, 1.807) is 0 Å². The normalized spacial score (nSPS) is 27.4. The Hall–Kier alpha value is -0.860. The van der Waals surface area contributed by atoms with E-state index in [0.717, 1.165) is 19.3 Å². The van der Waals surface area contributed by atoms with Gasteiger partial charge >= 0.3 is 5.97 Å². The number of hydrogen-bond acceptors (Lipinski definition) is 3. The Balaban J connectivity index is 2.88. The van der Waals surface area contributed by atoms with Crippen LogP contribution in [0.25, 0.3) is 0 Å². The van der Waals surface area contributed by atoms with Crippen LogP contribution >= 0.6 is 0 Å². The van der Waals surface area contributed by atoms with Gasteiger partial charge in [0.25, 0.3) is 0 Å². The zero-order valence-electron chi connectivity index (χ0n) is 8.97. The quantitative estimate of drug-likeness (QED) is 0.515. The Kier molecular flexibility index (Phi) is 3.67. The van der Waals surface area contributed by atoms with Gasteiger partial charge in [0.15, 0.2) is 0 Å². The zero-order valence-corrected chi connectivity index (χ0v) is 8.97. The number of ether oxygens (including phenoxy) is 1. The summed E-state index contributed by atoms with van der Waals surface area (Å²) < 4.78 is 4.76. The van der Waals surface area contributed by atoms with Crippen molar-refractivity contribution in [3.63, 3.8) is 0 Å². The summed E-state index contributed by atoms with van der Waals surface area (Å²) in [5, 5.41) is 0. The molecule has 3 heteroatoms. The fourth-order valence-corrected chi connectivity index (χ4v) is 2.30. The average Bonchev–Trinajstić information content (AvgIpc) is 2.20. The summed E-state index contributed by atoms with van der Waals surface area (Å²) in [5.74, 6) is -0.249. The summed E-state index contributed by atoms with van der Waals surface area (Å²) in [4.78, 5) is 23.5. The predicted octanol–water partition coefficient (Wildman–Crippen LogP) is 2.09. The summed E-state index contributed by atoms with van der Waals surface area (Å²) in [6, 6.07) is 0. The van der Waals surface area contributed by atoms with Crippen LogP contribution in [0.3, 0.4) is 0 Å². The smallest absolute Gasteiger partial charge is 0.319 e. The van der Waals surface area contributed by atoms with E-state index in [-0.39, 0.29) is 11.8 Å². The van der Waals surface area contributed by atoms with E-state index in [1.165, 1.54) is 7.11 Å². The number of carbonyl (C=O) groups is 2. The van der Waals surface area contributed by atoms with Crippen LogP contribution in [0, 0.1) is 5.41 Å². The maximum atomic E-state index is 11.8. The third-order valence-corrected chi connectivity index (χ3v) is 3.04. The van der Waals surface area contributed by atoms with Crippen LogP contribution in [0.15, 0.2) is 0 Å². The van der Waals surface area contributed by atoms with Gasteiger partial charge in [0.1, 0.15) is 11.2 Å². The summed E-state index contributed by atoms with van der Waals surface area (Å²) in [6.07, 6.45) is 4.57. The molecule has 0 aromatic rings. The van der Waals surface area contributed by atoms with Crippen LogP contribution in [-0.4, -0.2) is 18.9 Å². The molecule has 0 heterocycles. The topological polar surface area (TPSA) is 43.4 Å². The summed E-state index contributed by atoms with van der Waals surface area (Å²) in [5.41, 5.74) is -0.804. The second-order valence-corrected chi connectivity index (χ2v) is 3.95. The second-order valence-electron chi connectivity index (χ2n) is 3.95. The minimum absolute atomic E-state index is 0.0810. The molecular formula is C11H18O3. The molecule has 1 rings (SSSR count). The van der Waals surface area contributed by atoms with Crippen molar-refractivity contribution in [1.82, 2.24) is 0 Å². The molecule has 1 aliphatic rings. The lowest BCUT2D eigenvalue weighted by atomic mass is 9.70. The van der Waals surface area contributed by atoms with Crippen molar-refractivity contribution < 1.29 is 14.3 Å². The summed E-state index contributed by atoms with van der Waals surface area (Å²) >= 11 is 0. The lowest BCUT2D eigenvalue weighted by Crippen LogP contribution is -2.42. The number of methoxy groups -OCH3 is 1. The molecule has 0 aliphatic heterocycles. The summed E-state index contributed by atoms with van der Waals surface area (Å²) in [7, 11) is 1.36. The van der Waals surface area contributed by atoms with Crippen molar-refractivity contribution in [3.8, 4) is 0 Å². The third-order valence-electron chi connectivity index (χ3n) is 3.04. The molecule has 0 saturated heterocycles. The van der Waals surface area contributed by atoms with E-state index in [0.29, 0.717) is 19.3 Å². The highest BCUT2D eigenvalue weighted by Crippen LogP contribution is 2.38. The van der Waals surface area contributed by atoms with Crippen LogP contribution in [0.5, 0.6) is 0 Å². The van der Waals surface area contributed by atoms with Crippen molar-refractivity contribution >= 4 is 11.8 Å². The molecule has 0 aromatic carbocycles. The molecule has 80 valence electrons. The SMILES string of the molecule is CCCC1(C(=O)OC)CCCCC1=O. The van der Waals surface area contributed by atoms with Crippen molar-refractivity contribution in [2.45, 2.75) is 45.4 Å². The second kappa shape index (κ2) is 4.58. The molecule has 0 amide bonds. The number of rotatable bonds is 3. The van der Waals surface area contributed by atoms with E-state index < -0.39 is 5.41 Å². The molecule has 0 N–H and O–H groups in total. The molecule has 0 aromatic heterocycles. The van der Waals surface area contributed by atoms with Crippen LogP contribution in [-0.2, 0) is 14.3 Å². The lowest BCUT2D eigenvalue weighted by molar-refractivity contribution is -0.160. The maximum Gasteiger partial charge on any atom is 0.319 e. The molecular weight excluding hydrogens is 180 g/mol. The first-order valence-electron chi connectivity index (χ1n) is 5.29. The van der Waals surface area contributed by atoms with Crippen LogP contribution in [0.2, 0.25) is 0 Å². The van der Waals surface area contributed by atoms with Gasteiger partial charge in [-0.3, -0.25) is 9.59 Å². The van der Waals surface area contributed by atoms with Gasteiger partial charge in [-0.05, 0) is 19.3 Å². The molecule has 0 radical (unpaired) electrons. The largest absolute Gasteiger partial charge is 0.468 e. The number of esters is 1. The Morgan fingerprint density at radius 1 is 1.50 bits per heavy atom. The number of ketones is 1.